The number of urea groups is 1. The number of halogens is 1. The predicted octanol–water partition coefficient (Wildman–Crippen LogP) is 4.40. The van der Waals surface area contributed by atoms with Crippen LogP contribution < -0.4 is 15.0 Å². The molecule has 7 heteroatoms. The van der Waals surface area contributed by atoms with Crippen LogP contribution in [0.25, 0.3) is 6.08 Å². The van der Waals surface area contributed by atoms with Crippen LogP contribution in [0.1, 0.15) is 22.3 Å². The van der Waals surface area contributed by atoms with Gasteiger partial charge in [0, 0.05) is 0 Å². The minimum atomic E-state index is -0.805. The Bertz CT molecular complexity index is 1280. The first-order chi connectivity index (χ1) is 15.9. The maximum absolute atomic E-state index is 13.7. The fraction of sp³-hybridized carbons (Fsp3) is 0.115. The Hall–Kier alpha value is -4.26. The summed E-state index contributed by atoms with van der Waals surface area (Å²) in [6.45, 7) is 1.89. The fourth-order valence-corrected chi connectivity index (χ4v) is 3.61. The average molecular weight is 444 g/mol. The number of rotatable bonds is 5. The van der Waals surface area contributed by atoms with E-state index in [0.29, 0.717) is 23.4 Å². The summed E-state index contributed by atoms with van der Waals surface area (Å²) < 4.78 is 19.0. The van der Waals surface area contributed by atoms with Gasteiger partial charge in [-0.25, -0.2) is 14.1 Å². The van der Waals surface area contributed by atoms with Crippen molar-refractivity contribution in [1.29, 1.82) is 0 Å². The van der Waals surface area contributed by atoms with E-state index in [2.05, 4.69) is 5.32 Å². The highest BCUT2D eigenvalue weighted by Crippen LogP contribution is 2.26. The lowest BCUT2D eigenvalue weighted by Gasteiger charge is -2.26. The van der Waals surface area contributed by atoms with Crippen molar-refractivity contribution in [2.75, 3.05) is 12.0 Å². The third-order valence-corrected chi connectivity index (χ3v) is 5.33. The predicted molar refractivity (Wildman–Crippen MR) is 122 cm³/mol. The van der Waals surface area contributed by atoms with Crippen molar-refractivity contribution >= 4 is 29.6 Å². The summed E-state index contributed by atoms with van der Waals surface area (Å²) in [7, 11) is 1.53. The van der Waals surface area contributed by atoms with Crippen molar-refractivity contribution < 1.29 is 23.5 Å². The third kappa shape index (κ3) is 4.67. The van der Waals surface area contributed by atoms with Crippen LogP contribution in [0.5, 0.6) is 5.75 Å². The monoisotopic (exact) mass is 444 g/mol. The first-order valence-corrected chi connectivity index (χ1v) is 10.2. The van der Waals surface area contributed by atoms with Crippen LogP contribution in [0, 0.1) is 12.7 Å². The molecule has 0 radical (unpaired) electrons. The molecule has 1 aliphatic rings. The Morgan fingerprint density at radius 3 is 2.45 bits per heavy atom. The van der Waals surface area contributed by atoms with Gasteiger partial charge in [-0.3, -0.25) is 14.9 Å². The van der Waals surface area contributed by atoms with Gasteiger partial charge in [0.25, 0.3) is 11.8 Å². The van der Waals surface area contributed by atoms with Crippen molar-refractivity contribution in [3.05, 3.63) is 100 Å². The van der Waals surface area contributed by atoms with Gasteiger partial charge in [-0.2, -0.15) is 0 Å². The summed E-state index contributed by atoms with van der Waals surface area (Å²) in [6.07, 6.45) is 1.80. The van der Waals surface area contributed by atoms with Gasteiger partial charge in [-0.15, -0.1) is 0 Å². The molecule has 0 atom stereocenters. The molecular formula is C26H21FN2O4. The maximum atomic E-state index is 13.7. The number of carbonyl (C=O) groups is 3. The van der Waals surface area contributed by atoms with Gasteiger partial charge < -0.3 is 4.74 Å². The van der Waals surface area contributed by atoms with E-state index in [1.54, 1.807) is 54.6 Å². The number of nitrogens with one attached hydrogen (secondary N) is 1. The number of anilines is 1. The smallest absolute Gasteiger partial charge is 0.335 e. The molecule has 4 rings (SSSR count). The number of imide groups is 2. The topological polar surface area (TPSA) is 75.7 Å². The summed E-state index contributed by atoms with van der Waals surface area (Å²) in [5.74, 6) is -1.27. The number of benzene rings is 3. The minimum absolute atomic E-state index is 0.180. The van der Waals surface area contributed by atoms with Gasteiger partial charge in [0.2, 0.25) is 0 Å². The lowest BCUT2D eigenvalue weighted by Crippen LogP contribution is -2.54. The highest BCUT2D eigenvalue weighted by Gasteiger charge is 2.36. The fourth-order valence-electron chi connectivity index (χ4n) is 3.61. The van der Waals surface area contributed by atoms with E-state index in [1.807, 2.05) is 6.92 Å². The zero-order valence-corrected chi connectivity index (χ0v) is 18.1. The Balaban J connectivity index is 1.75. The molecule has 0 aliphatic carbocycles. The van der Waals surface area contributed by atoms with Crippen LogP contribution in [-0.4, -0.2) is 25.0 Å². The van der Waals surface area contributed by atoms with Crippen LogP contribution in [0.3, 0.4) is 0 Å². The molecule has 3 aromatic rings. The van der Waals surface area contributed by atoms with Crippen LogP contribution in [0.2, 0.25) is 0 Å². The molecule has 1 fully saturated rings. The van der Waals surface area contributed by atoms with Crippen LogP contribution in [-0.2, 0) is 16.0 Å². The van der Waals surface area contributed by atoms with E-state index in [9.17, 15) is 18.8 Å². The Kier molecular flexibility index (Phi) is 6.04. The number of nitrogens with zero attached hydrogens (tertiary/aromatic N) is 1. The minimum Gasteiger partial charge on any atom is -0.497 e. The second-order valence-corrected chi connectivity index (χ2v) is 7.66. The van der Waals surface area contributed by atoms with Crippen molar-refractivity contribution in [1.82, 2.24) is 5.32 Å². The van der Waals surface area contributed by atoms with Gasteiger partial charge in [-0.05, 0) is 72.5 Å². The number of methoxy groups -OCH3 is 1. The van der Waals surface area contributed by atoms with Gasteiger partial charge in [0.15, 0.2) is 0 Å². The van der Waals surface area contributed by atoms with E-state index in [0.717, 1.165) is 21.6 Å². The summed E-state index contributed by atoms with van der Waals surface area (Å²) in [5.41, 5.74) is 3.18. The standard InChI is InChI=1S/C26H21FN2O4/c1-16-6-9-21(10-7-16)29-25(31)23(24(30)28-26(29)32)15-18-8-11-22(33-2)14-19(18)12-17-4-3-5-20(27)13-17/h3-11,13-15H,12H2,1-2H3,(H,28,30,32)/b23-15+. The lowest BCUT2D eigenvalue weighted by molar-refractivity contribution is -0.122. The molecule has 0 aromatic heterocycles. The number of aryl methyl sites for hydroxylation is 1. The Morgan fingerprint density at radius 1 is 1.00 bits per heavy atom. The number of carbonyl (C=O) groups excluding carboxylic acids is 3. The summed E-state index contributed by atoms with van der Waals surface area (Å²) in [5, 5.41) is 2.23. The average Bonchev–Trinajstić information content (AvgIpc) is 2.78. The third-order valence-electron chi connectivity index (χ3n) is 5.33. The summed E-state index contributed by atoms with van der Waals surface area (Å²) >= 11 is 0. The van der Waals surface area contributed by atoms with Crippen molar-refractivity contribution in [2.45, 2.75) is 13.3 Å². The molecule has 6 nitrogen and oxygen atoms in total. The lowest BCUT2D eigenvalue weighted by atomic mass is 9.97. The van der Waals surface area contributed by atoms with E-state index >= 15 is 0 Å². The van der Waals surface area contributed by atoms with Crippen LogP contribution in [0.15, 0.2) is 72.3 Å². The SMILES string of the molecule is COc1ccc(/C=C2\C(=O)NC(=O)N(c3ccc(C)cc3)C2=O)c(Cc2cccc(F)c2)c1. The van der Waals surface area contributed by atoms with E-state index in [-0.39, 0.29) is 11.4 Å². The first kappa shape index (κ1) is 22.0. The molecule has 1 heterocycles. The second kappa shape index (κ2) is 9.08. The zero-order chi connectivity index (χ0) is 23.5. The van der Waals surface area contributed by atoms with Gasteiger partial charge >= 0.3 is 6.03 Å². The Labute approximate surface area is 190 Å². The maximum Gasteiger partial charge on any atom is 0.335 e. The second-order valence-electron chi connectivity index (χ2n) is 7.66. The first-order valence-electron chi connectivity index (χ1n) is 10.2. The highest BCUT2D eigenvalue weighted by molar-refractivity contribution is 6.39. The van der Waals surface area contributed by atoms with E-state index in [4.69, 9.17) is 4.74 Å². The highest BCUT2D eigenvalue weighted by atomic mass is 19.1. The molecule has 1 N–H and O–H groups in total. The van der Waals surface area contributed by atoms with Crippen molar-refractivity contribution in [3.63, 3.8) is 0 Å². The summed E-state index contributed by atoms with van der Waals surface area (Å²) in [4.78, 5) is 39.1. The van der Waals surface area contributed by atoms with Crippen LogP contribution >= 0.6 is 0 Å². The molecule has 3 aromatic carbocycles. The number of hydrogen-bond donors (Lipinski definition) is 1. The van der Waals surface area contributed by atoms with Gasteiger partial charge in [0.05, 0.1) is 12.8 Å². The molecule has 33 heavy (non-hydrogen) atoms. The van der Waals surface area contributed by atoms with Gasteiger partial charge in [0.1, 0.15) is 17.1 Å². The van der Waals surface area contributed by atoms with Gasteiger partial charge in [-0.1, -0.05) is 35.9 Å². The largest absolute Gasteiger partial charge is 0.497 e. The molecular weight excluding hydrogens is 423 g/mol. The van der Waals surface area contributed by atoms with Crippen LogP contribution in [0.4, 0.5) is 14.9 Å². The number of amides is 4. The molecule has 0 spiro atoms. The molecule has 4 amide bonds. The molecule has 0 unspecified atom stereocenters. The number of hydrogen-bond acceptors (Lipinski definition) is 4. The molecule has 1 aliphatic heterocycles. The number of ether oxygens (including phenoxy) is 1. The Morgan fingerprint density at radius 2 is 1.76 bits per heavy atom. The van der Waals surface area contributed by atoms with Crippen molar-refractivity contribution in [3.8, 4) is 5.75 Å². The number of barbiturate groups is 1. The molecule has 166 valence electrons. The summed E-state index contributed by atoms with van der Waals surface area (Å²) in [6, 6.07) is 17.4. The normalized spacial score (nSPS) is 15.1. The molecule has 0 bridgehead atoms. The van der Waals surface area contributed by atoms with Crippen molar-refractivity contribution in [2.24, 2.45) is 0 Å². The van der Waals surface area contributed by atoms with E-state index < -0.39 is 17.8 Å². The molecule has 1 saturated heterocycles. The quantitative estimate of drug-likeness (QED) is 0.468. The van der Waals surface area contributed by atoms with E-state index in [1.165, 1.54) is 25.3 Å². The zero-order valence-electron chi connectivity index (χ0n) is 18.1. The molecule has 0 saturated carbocycles.